The van der Waals surface area contributed by atoms with Crippen molar-refractivity contribution in [2.24, 2.45) is 0 Å². The molecule has 2 aromatic rings. The number of fused-ring (bicyclic) bond motifs is 1. The van der Waals surface area contributed by atoms with Gasteiger partial charge in [0.05, 0.1) is 11.8 Å². The van der Waals surface area contributed by atoms with E-state index in [1.165, 1.54) is 18.6 Å². The molecular formula is C13H9FN4O4S. The van der Waals surface area contributed by atoms with Crippen LogP contribution in [0.3, 0.4) is 0 Å². The van der Waals surface area contributed by atoms with Crippen molar-refractivity contribution >= 4 is 27.7 Å². The second kappa shape index (κ2) is 5.39. The van der Waals surface area contributed by atoms with Gasteiger partial charge in [0.25, 0.3) is 15.9 Å². The Morgan fingerprint density at radius 2 is 2.09 bits per heavy atom. The van der Waals surface area contributed by atoms with E-state index >= 15 is 0 Å². The molecular weight excluding hydrogens is 327 g/mol. The van der Waals surface area contributed by atoms with E-state index in [9.17, 15) is 22.4 Å². The van der Waals surface area contributed by atoms with Gasteiger partial charge in [0.1, 0.15) is 17.3 Å². The minimum atomic E-state index is -4.26. The van der Waals surface area contributed by atoms with Gasteiger partial charge in [-0.25, -0.2) is 22.1 Å². The largest absolute Gasteiger partial charge is 0.308 e. The molecule has 1 aromatic heterocycles. The highest BCUT2D eigenvalue weighted by Crippen LogP contribution is 2.30. The number of carbonyl (C=O) groups excluding carboxylic acids is 2. The molecule has 1 aliphatic rings. The maximum Gasteiger partial charge on any atom is 0.269 e. The zero-order chi connectivity index (χ0) is 16.6. The second-order valence-corrected chi connectivity index (χ2v) is 6.43. The molecule has 2 amide bonds. The molecule has 0 spiro atoms. The standard InChI is InChI=1S/C13H9FN4O4S/c14-8-1-2-9-10(5-8)23(21,22)18(13(9)20)7-12(19)17-11-6-15-3-4-16-11/h1-6H,7H2,(H,16,17,19). The molecule has 1 N–H and O–H groups in total. The quantitative estimate of drug-likeness (QED) is 0.869. The van der Waals surface area contributed by atoms with Crippen molar-refractivity contribution < 1.29 is 22.4 Å². The molecule has 1 aliphatic heterocycles. The molecule has 2 heterocycles. The van der Waals surface area contributed by atoms with Crippen LogP contribution in [0.15, 0.2) is 41.7 Å². The summed E-state index contributed by atoms with van der Waals surface area (Å²) in [4.78, 5) is 31.1. The summed E-state index contributed by atoms with van der Waals surface area (Å²) in [5.74, 6) is -2.32. The fourth-order valence-corrected chi connectivity index (χ4v) is 3.62. The summed E-state index contributed by atoms with van der Waals surface area (Å²) in [7, 11) is -4.26. The number of sulfonamides is 1. The average Bonchev–Trinajstić information content (AvgIpc) is 2.69. The first-order valence-electron chi connectivity index (χ1n) is 6.32. The summed E-state index contributed by atoms with van der Waals surface area (Å²) < 4.78 is 38.1. The van der Waals surface area contributed by atoms with Crippen LogP contribution in [-0.4, -0.2) is 41.1 Å². The summed E-state index contributed by atoms with van der Waals surface area (Å²) in [6.07, 6.45) is 4.00. The molecule has 0 bridgehead atoms. The van der Waals surface area contributed by atoms with Crippen molar-refractivity contribution in [3.63, 3.8) is 0 Å². The van der Waals surface area contributed by atoms with E-state index in [1.807, 2.05) is 0 Å². The van der Waals surface area contributed by atoms with Crippen LogP contribution in [0.25, 0.3) is 0 Å². The van der Waals surface area contributed by atoms with E-state index in [1.54, 1.807) is 0 Å². The Kier molecular flexibility index (Phi) is 3.52. The Balaban J connectivity index is 1.84. The molecule has 23 heavy (non-hydrogen) atoms. The normalized spacial score (nSPS) is 15.3. The van der Waals surface area contributed by atoms with Crippen molar-refractivity contribution in [2.75, 3.05) is 11.9 Å². The molecule has 0 fully saturated rings. The highest BCUT2D eigenvalue weighted by Gasteiger charge is 2.42. The van der Waals surface area contributed by atoms with E-state index in [0.717, 1.165) is 18.2 Å². The summed E-state index contributed by atoms with van der Waals surface area (Å²) in [6, 6.07) is 2.81. The Morgan fingerprint density at radius 1 is 1.30 bits per heavy atom. The van der Waals surface area contributed by atoms with E-state index in [4.69, 9.17) is 0 Å². The van der Waals surface area contributed by atoms with Crippen LogP contribution in [-0.2, 0) is 14.8 Å². The third-order valence-electron chi connectivity index (χ3n) is 3.09. The zero-order valence-electron chi connectivity index (χ0n) is 11.4. The van der Waals surface area contributed by atoms with Gasteiger partial charge >= 0.3 is 0 Å². The van der Waals surface area contributed by atoms with Gasteiger partial charge in [-0.1, -0.05) is 0 Å². The van der Waals surface area contributed by atoms with Gasteiger partial charge in [-0.05, 0) is 18.2 Å². The fourth-order valence-electron chi connectivity index (χ4n) is 2.08. The molecule has 10 heteroatoms. The number of carbonyl (C=O) groups is 2. The van der Waals surface area contributed by atoms with E-state index < -0.39 is 39.1 Å². The number of anilines is 1. The topological polar surface area (TPSA) is 109 Å². The van der Waals surface area contributed by atoms with Crippen LogP contribution >= 0.6 is 0 Å². The van der Waals surface area contributed by atoms with Crippen LogP contribution in [0.5, 0.6) is 0 Å². The number of aromatic nitrogens is 2. The number of halogens is 1. The predicted molar refractivity (Wildman–Crippen MR) is 75.3 cm³/mol. The molecule has 0 radical (unpaired) electrons. The van der Waals surface area contributed by atoms with Gasteiger partial charge in [-0.15, -0.1) is 0 Å². The zero-order valence-corrected chi connectivity index (χ0v) is 12.2. The first-order valence-corrected chi connectivity index (χ1v) is 7.76. The number of nitrogens with zero attached hydrogens (tertiary/aromatic N) is 3. The van der Waals surface area contributed by atoms with Crippen LogP contribution in [0.1, 0.15) is 10.4 Å². The van der Waals surface area contributed by atoms with Crippen molar-refractivity contribution in [3.05, 3.63) is 48.2 Å². The van der Waals surface area contributed by atoms with Crippen LogP contribution < -0.4 is 5.32 Å². The van der Waals surface area contributed by atoms with Crippen molar-refractivity contribution in [1.82, 2.24) is 14.3 Å². The SMILES string of the molecule is O=C(CN1C(=O)c2ccc(F)cc2S1(=O)=O)Nc1cnccn1. The number of hydrogen-bond acceptors (Lipinski definition) is 6. The van der Waals surface area contributed by atoms with Gasteiger partial charge in [-0.2, -0.15) is 0 Å². The summed E-state index contributed by atoms with van der Waals surface area (Å²) in [5, 5.41) is 2.32. The Morgan fingerprint density at radius 3 is 2.78 bits per heavy atom. The summed E-state index contributed by atoms with van der Waals surface area (Å²) >= 11 is 0. The van der Waals surface area contributed by atoms with Crippen LogP contribution in [0, 0.1) is 5.82 Å². The van der Waals surface area contributed by atoms with Crippen LogP contribution in [0.4, 0.5) is 10.2 Å². The molecule has 1 aromatic carbocycles. The second-order valence-electron chi connectivity index (χ2n) is 4.60. The van der Waals surface area contributed by atoms with Crippen molar-refractivity contribution in [2.45, 2.75) is 4.90 Å². The number of amides is 2. The molecule has 0 unspecified atom stereocenters. The third-order valence-corrected chi connectivity index (χ3v) is 4.86. The monoisotopic (exact) mass is 336 g/mol. The van der Waals surface area contributed by atoms with Gasteiger partial charge in [-0.3, -0.25) is 14.6 Å². The third kappa shape index (κ3) is 2.63. The van der Waals surface area contributed by atoms with E-state index in [0.29, 0.717) is 4.31 Å². The highest BCUT2D eigenvalue weighted by molar-refractivity contribution is 7.90. The van der Waals surface area contributed by atoms with Crippen molar-refractivity contribution in [1.29, 1.82) is 0 Å². The van der Waals surface area contributed by atoms with Crippen molar-refractivity contribution in [3.8, 4) is 0 Å². The summed E-state index contributed by atoms with van der Waals surface area (Å²) in [5.41, 5.74) is -0.168. The number of hydrogen-bond donors (Lipinski definition) is 1. The van der Waals surface area contributed by atoms with Gasteiger partial charge < -0.3 is 5.32 Å². The lowest BCUT2D eigenvalue weighted by Crippen LogP contribution is -2.37. The molecule has 0 aliphatic carbocycles. The minimum absolute atomic E-state index is 0.116. The first kappa shape index (κ1) is 15.0. The summed E-state index contributed by atoms with van der Waals surface area (Å²) in [6.45, 7) is -0.742. The lowest BCUT2D eigenvalue weighted by molar-refractivity contribution is -0.116. The fraction of sp³-hybridized carbons (Fsp3) is 0.0769. The van der Waals surface area contributed by atoms with Gasteiger partial charge in [0, 0.05) is 12.4 Å². The minimum Gasteiger partial charge on any atom is -0.308 e. The smallest absolute Gasteiger partial charge is 0.269 e. The molecule has 118 valence electrons. The number of benzene rings is 1. The van der Waals surface area contributed by atoms with E-state index in [2.05, 4.69) is 15.3 Å². The lowest BCUT2D eigenvalue weighted by Gasteiger charge is -2.14. The molecule has 8 nitrogen and oxygen atoms in total. The first-order chi connectivity index (χ1) is 10.9. The molecule has 0 saturated carbocycles. The predicted octanol–water partition coefficient (Wildman–Crippen LogP) is 0.399. The maximum atomic E-state index is 13.2. The number of nitrogens with one attached hydrogen (secondary N) is 1. The Labute approximate surface area is 130 Å². The number of rotatable bonds is 3. The molecule has 0 atom stereocenters. The Bertz CT molecular complexity index is 901. The molecule has 3 rings (SSSR count). The average molecular weight is 336 g/mol. The molecule has 0 saturated heterocycles. The maximum absolute atomic E-state index is 13.2. The highest BCUT2D eigenvalue weighted by atomic mass is 32.2. The lowest BCUT2D eigenvalue weighted by atomic mass is 10.2. The van der Waals surface area contributed by atoms with Crippen LogP contribution in [0.2, 0.25) is 0 Å². The van der Waals surface area contributed by atoms with E-state index in [-0.39, 0.29) is 11.4 Å². The Hall–Kier alpha value is -2.88. The van der Waals surface area contributed by atoms with Gasteiger partial charge in [0.15, 0.2) is 5.82 Å². The van der Waals surface area contributed by atoms with Gasteiger partial charge in [0.2, 0.25) is 5.91 Å².